The van der Waals surface area contributed by atoms with Crippen LogP contribution in [0.5, 0.6) is 0 Å². The largest absolute Gasteiger partial charge is 0.327 e. The summed E-state index contributed by atoms with van der Waals surface area (Å²) < 4.78 is 3.56. The molecular formula is C19H24N6O. The van der Waals surface area contributed by atoms with Crippen LogP contribution in [0.4, 0.5) is 0 Å². The van der Waals surface area contributed by atoms with Gasteiger partial charge in [0.2, 0.25) is 0 Å². The highest BCUT2D eigenvalue weighted by Crippen LogP contribution is 2.18. The Morgan fingerprint density at radius 3 is 2.38 bits per heavy atom. The van der Waals surface area contributed by atoms with E-state index in [9.17, 15) is 4.79 Å². The van der Waals surface area contributed by atoms with E-state index in [4.69, 9.17) is 0 Å². The molecule has 26 heavy (non-hydrogen) atoms. The van der Waals surface area contributed by atoms with E-state index < -0.39 is 0 Å². The van der Waals surface area contributed by atoms with Crippen molar-refractivity contribution < 1.29 is 4.79 Å². The van der Waals surface area contributed by atoms with Crippen molar-refractivity contribution in [2.45, 2.75) is 33.9 Å². The normalized spacial score (nSPS) is 11.0. The van der Waals surface area contributed by atoms with E-state index in [0.717, 1.165) is 28.5 Å². The van der Waals surface area contributed by atoms with E-state index in [0.29, 0.717) is 18.7 Å². The van der Waals surface area contributed by atoms with Crippen molar-refractivity contribution in [1.29, 1.82) is 0 Å². The van der Waals surface area contributed by atoms with Gasteiger partial charge in [-0.25, -0.2) is 0 Å². The minimum atomic E-state index is -0.0439. The summed E-state index contributed by atoms with van der Waals surface area (Å²) in [6.07, 6.45) is 1.74. The molecule has 3 heterocycles. The zero-order valence-electron chi connectivity index (χ0n) is 15.9. The van der Waals surface area contributed by atoms with Crippen molar-refractivity contribution in [1.82, 2.24) is 29.4 Å². The van der Waals surface area contributed by atoms with E-state index in [1.165, 1.54) is 0 Å². The van der Waals surface area contributed by atoms with E-state index in [2.05, 4.69) is 15.2 Å². The Kier molecular flexibility index (Phi) is 4.88. The van der Waals surface area contributed by atoms with Crippen LogP contribution in [0, 0.1) is 20.8 Å². The lowest BCUT2D eigenvalue weighted by Gasteiger charge is -2.23. The third-order valence-electron chi connectivity index (χ3n) is 4.54. The van der Waals surface area contributed by atoms with Gasteiger partial charge in [-0.05, 0) is 39.0 Å². The van der Waals surface area contributed by atoms with Crippen molar-refractivity contribution in [3.8, 4) is 0 Å². The zero-order valence-corrected chi connectivity index (χ0v) is 15.9. The number of amides is 1. The second-order valence-corrected chi connectivity index (χ2v) is 6.55. The Morgan fingerprint density at radius 1 is 1.08 bits per heavy atom. The molecule has 0 fully saturated rings. The maximum atomic E-state index is 13.3. The smallest absolute Gasteiger partial charge is 0.258 e. The number of pyridine rings is 1. The fourth-order valence-electron chi connectivity index (χ4n) is 3.14. The predicted octanol–water partition coefficient (Wildman–Crippen LogP) is 2.32. The highest BCUT2D eigenvalue weighted by molar-refractivity contribution is 5.96. The van der Waals surface area contributed by atoms with Crippen LogP contribution >= 0.6 is 0 Å². The number of hydrogen-bond donors (Lipinski definition) is 0. The van der Waals surface area contributed by atoms with Gasteiger partial charge in [0.1, 0.15) is 0 Å². The minimum Gasteiger partial charge on any atom is -0.327 e. The summed E-state index contributed by atoms with van der Waals surface area (Å²) >= 11 is 0. The van der Waals surface area contributed by atoms with Gasteiger partial charge in [-0.2, -0.15) is 10.2 Å². The quantitative estimate of drug-likeness (QED) is 0.707. The van der Waals surface area contributed by atoms with Crippen LogP contribution < -0.4 is 0 Å². The van der Waals surface area contributed by atoms with Crippen LogP contribution in [0.2, 0.25) is 0 Å². The van der Waals surface area contributed by atoms with Crippen LogP contribution in [0.15, 0.2) is 30.5 Å². The maximum absolute atomic E-state index is 13.3. The first-order valence-corrected chi connectivity index (χ1v) is 8.55. The van der Waals surface area contributed by atoms with Gasteiger partial charge in [-0.15, -0.1) is 0 Å². The molecule has 0 aliphatic carbocycles. The molecule has 0 N–H and O–H groups in total. The van der Waals surface area contributed by atoms with Gasteiger partial charge in [0.15, 0.2) is 0 Å². The monoisotopic (exact) mass is 352 g/mol. The van der Waals surface area contributed by atoms with Crippen molar-refractivity contribution in [2.75, 3.05) is 0 Å². The summed E-state index contributed by atoms with van der Waals surface area (Å²) in [7, 11) is 3.75. The molecule has 0 radical (unpaired) electrons. The second kappa shape index (κ2) is 7.11. The molecule has 0 aliphatic heterocycles. The first kappa shape index (κ1) is 17.8. The third kappa shape index (κ3) is 3.51. The Hall–Kier alpha value is -2.96. The van der Waals surface area contributed by atoms with Crippen LogP contribution in [-0.4, -0.2) is 35.4 Å². The molecule has 0 bridgehead atoms. The van der Waals surface area contributed by atoms with Crippen molar-refractivity contribution >= 4 is 5.91 Å². The Balaban J connectivity index is 1.96. The first-order valence-electron chi connectivity index (χ1n) is 8.55. The van der Waals surface area contributed by atoms with Crippen molar-refractivity contribution in [3.05, 3.63) is 64.5 Å². The second-order valence-electron chi connectivity index (χ2n) is 6.55. The lowest BCUT2D eigenvalue weighted by molar-refractivity contribution is 0.0722. The fraction of sp³-hybridized carbons (Fsp3) is 0.368. The van der Waals surface area contributed by atoms with Gasteiger partial charge in [-0.1, -0.05) is 6.07 Å². The Morgan fingerprint density at radius 2 is 1.85 bits per heavy atom. The summed E-state index contributed by atoms with van der Waals surface area (Å²) in [6, 6.07) is 7.73. The van der Waals surface area contributed by atoms with Gasteiger partial charge in [0.25, 0.3) is 5.91 Å². The maximum Gasteiger partial charge on any atom is 0.258 e. The molecule has 7 heteroatoms. The van der Waals surface area contributed by atoms with E-state index >= 15 is 0 Å². The number of nitrogens with zero attached hydrogens (tertiary/aromatic N) is 6. The minimum absolute atomic E-state index is 0.0439. The predicted molar refractivity (Wildman–Crippen MR) is 98.4 cm³/mol. The number of rotatable bonds is 5. The van der Waals surface area contributed by atoms with Gasteiger partial charge < -0.3 is 4.90 Å². The molecule has 3 aromatic rings. The number of carbonyl (C=O) groups is 1. The zero-order chi connectivity index (χ0) is 18.8. The fourth-order valence-corrected chi connectivity index (χ4v) is 3.14. The topological polar surface area (TPSA) is 68.8 Å². The molecule has 0 unspecified atom stereocenters. The van der Waals surface area contributed by atoms with Gasteiger partial charge >= 0.3 is 0 Å². The number of aryl methyl sites for hydroxylation is 4. The first-order chi connectivity index (χ1) is 12.4. The highest BCUT2D eigenvalue weighted by Gasteiger charge is 2.24. The molecule has 3 aromatic heterocycles. The van der Waals surface area contributed by atoms with Crippen LogP contribution in [0.1, 0.15) is 38.8 Å². The SMILES string of the molecule is Cc1cc(CN(Cc2ccccn2)C(=O)c2c(C)nn(C)c2C)n(C)n1. The molecular weight excluding hydrogens is 328 g/mol. The standard InChI is InChI=1S/C19H24N6O/c1-13-10-17(24(5)21-13)12-25(11-16-8-6-7-9-20-16)19(26)18-14(2)22-23(4)15(18)3/h6-10H,11-12H2,1-5H3. The summed E-state index contributed by atoms with van der Waals surface area (Å²) in [5.41, 5.74) is 5.01. The van der Waals surface area contributed by atoms with Gasteiger partial charge in [-0.3, -0.25) is 19.1 Å². The third-order valence-corrected chi connectivity index (χ3v) is 4.54. The molecule has 0 aromatic carbocycles. The Bertz CT molecular complexity index is 925. The van der Waals surface area contributed by atoms with E-state index in [1.807, 2.05) is 63.8 Å². The lowest BCUT2D eigenvalue weighted by atomic mass is 10.1. The molecule has 136 valence electrons. The molecule has 0 saturated heterocycles. The Labute approximate surface area is 153 Å². The lowest BCUT2D eigenvalue weighted by Crippen LogP contribution is -2.32. The van der Waals surface area contributed by atoms with Crippen molar-refractivity contribution in [2.24, 2.45) is 14.1 Å². The molecule has 0 saturated carbocycles. The average molecular weight is 352 g/mol. The summed E-state index contributed by atoms with van der Waals surface area (Å²) in [6.45, 7) is 6.62. The van der Waals surface area contributed by atoms with E-state index in [1.54, 1.807) is 15.8 Å². The molecule has 1 amide bonds. The number of carbonyl (C=O) groups excluding carboxylic acids is 1. The molecule has 0 aliphatic rings. The summed E-state index contributed by atoms with van der Waals surface area (Å²) in [4.78, 5) is 19.5. The highest BCUT2D eigenvalue weighted by atomic mass is 16.2. The van der Waals surface area contributed by atoms with Crippen molar-refractivity contribution in [3.63, 3.8) is 0 Å². The van der Waals surface area contributed by atoms with Crippen LogP contribution in [0.3, 0.4) is 0 Å². The van der Waals surface area contributed by atoms with E-state index in [-0.39, 0.29) is 5.91 Å². The summed E-state index contributed by atoms with van der Waals surface area (Å²) in [5.74, 6) is -0.0439. The molecule has 3 rings (SSSR count). The number of hydrogen-bond acceptors (Lipinski definition) is 4. The van der Waals surface area contributed by atoms with Crippen LogP contribution in [0.25, 0.3) is 0 Å². The summed E-state index contributed by atoms with van der Waals surface area (Å²) in [5, 5.41) is 8.77. The average Bonchev–Trinajstić information content (AvgIpc) is 3.05. The molecule has 7 nitrogen and oxygen atoms in total. The molecule has 0 spiro atoms. The van der Waals surface area contributed by atoms with Gasteiger partial charge in [0.05, 0.1) is 41.4 Å². The van der Waals surface area contributed by atoms with Gasteiger partial charge in [0, 0.05) is 26.0 Å². The number of aromatic nitrogens is 5. The van der Waals surface area contributed by atoms with Crippen LogP contribution in [-0.2, 0) is 27.2 Å². The molecule has 0 atom stereocenters.